The number of carboxylic acids is 1. The molecule has 1 aliphatic heterocycles. The van der Waals surface area contributed by atoms with Gasteiger partial charge in [-0.2, -0.15) is 0 Å². The van der Waals surface area contributed by atoms with Gasteiger partial charge in [0, 0.05) is 12.1 Å². The van der Waals surface area contributed by atoms with Gasteiger partial charge in [-0.05, 0) is 19.1 Å². The standard InChI is InChI=1S/C19H20N2O4/c1-13-16(7-8-17(20-13)14-5-3-2-4-6-14)19(24)21-9-10-25-12-15(21)11-18(22)23/h2-8,15H,9-12H2,1H3,(H,22,23). The summed E-state index contributed by atoms with van der Waals surface area (Å²) in [5.41, 5.74) is 2.92. The quantitative estimate of drug-likeness (QED) is 0.924. The Morgan fingerprint density at radius 3 is 2.68 bits per heavy atom. The van der Waals surface area contributed by atoms with Crippen LogP contribution < -0.4 is 0 Å². The monoisotopic (exact) mass is 340 g/mol. The Balaban J connectivity index is 1.85. The Morgan fingerprint density at radius 2 is 2.00 bits per heavy atom. The third-order valence-corrected chi connectivity index (χ3v) is 4.28. The lowest BCUT2D eigenvalue weighted by Gasteiger charge is -2.35. The van der Waals surface area contributed by atoms with Gasteiger partial charge in [0.1, 0.15) is 0 Å². The molecule has 2 heterocycles. The summed E-state index contributed by atoms with van der Waals surface area (Å²) in [5.74, 6) is -1.14. The summed E-state index contributed by atoms with van der Waals surface area (Å²) in [6, 6.07) is 12.9. The zero-order valence-electron chi connectivity index (χ0n) is 14.0. The first kappa shape index (κ1) is 17.1. The van der Waals surface area contributed by atoms with Crippen molar-refractivity contribution in [2.75, 3.05) is 19.8 Å². The molecule has 1 N–H and O–H groups in total. The van der Waals surface area contributed by atoms with Gasteiger partial charge >= 0.3 is 5.97 Å². The molecule has 25 heavy (non-hydrogen) atoms. The molecule has 0 bridgehead atoms. The normalized spacial score (nSPS) is 17.3. The molecule has 1 amide bonds. The topological polar surface area (TPSA) is 79.7 Å². The summed E-state index contributed by atoms with van der Waals surface area (Å²) >= 11 is 0. The van der Waals surface area contributed by atoms with E-state index in [1.165, 1.54) is 0 Å². The molecule has 130 valence electrons. The second-order valence-corrected chi connectivity index (χ2v) is 6.02. The van der Waals surface area contributed by atoms with E-state index < -0.39 is 12.0 Å². The molecule has 6 heteroatoms. The molecule has 1 aliphatic rings. The number of nitrogens with zero attached hydrogens (tertiary/aromatic N) is 2. The van der Waals surface area contributed by atoms with E-state index in [4.69, 9.17) is 9.84 Å². The largest absolute Gasteiger partial charge is 0.481 e. The number of aliphatic carboxylic acids is 1. The molecule has 0 aliphatic carbocycles. The van der Waals surface area contributed by atoms with Crippen LogP contribution in [0.5, 0.6) is 0 Å². The van der Waals surface area contributed by atoms with Crippen molar-refractivity contribution < 1.29 is 19.4 Å². The number of aryl methyl sites for hydroxylation is 1. The van der Waals surface area contributed by atoms with E-state index in [0.717, 1.165) is 11.3 Å². The summed E-state index contributed by atoms with van der Waals surface area (Å²) in [4.78, 5) is 30.1. The number of carbonyl (C=O) groups is 2. The van der Waals surface area contributed by atoms with Crippen molar-refractivity contribution in [3.05, 3.63) is 53.7 Å². The average Bonchev–Trinajstić information content (AvgIpc) is 2.62. The van der Waals surface area contributed by atoms with Gasteiger partial charge in [-0.1, -0.05) is 30.3 Å². The Bertz CT molecular complexity index is 776. The summed E-state index contributed by atoms with van der Waals surface area (Å²) in [7, 11) is 0. The van der Waals surface area contributed by atoms with Gasteiger partial charge in [0.25, 0.3) is 5.91 Å². The van der Waals surface area contributed by atoms with Crippen LogP contribution in [0.15, 0.2) is 42.5 Å². The van der Waals surface area contributed by atoms with Crippen LogP contribution in [0, 0.1) is 6.92 Å². The number of amides is 1. The summed E-state index contributed by atoms with van der Waals surface area (Å²) in [6.07, 6.45) is -0.125. The number of pyridine rings is 1. The minimum absolute atomic E-state index is 0.125. The van der Waals surface area contributed by atoms with Gasteiger partial charge in [0.05, 0.1) is 42.6 Å². The Morgan fingerprint density at radius 1 is 1.24 bits per heavy atom. The number of ether oxygens (including phenoxy) is 1. The number of carboxylic acid groups (broad SMARTS) is 1. The highest BCUT2D eigenvalue weighted by Gasteiger charge is 2.30. The number of morpholine rings is 1. The molecule has 6 nitrogen and oxygen atoms in total. The maximum Gasteiger partial charge on any atom is 0.305 e. The second kappa shape index (κ2) is 7.44. The van der Waals surface area contributed by atoms with Gasteiger partial charge < -0.3 is 14.7 Å². The highest BCUT2D eigenvalue weighted by molar-refractivity contribution is 5.96. The fraction of sp³-hybridized carbons (Fsp3) is 0.316. The Hall–Kier alpha value is -2.73. The van der Waals surface area contributed by atoms with Crippen molar-refractivity contribution in [1.82, 2.24) is 9.88 Å². The minimum atomic E-state index is -0.942. The van der Waals surface area contributed by atoms with Gasteiger partial charge in [-0.25, -0.2) is 0 Å². The minimum Gasteiger partial charge on any atom is -0.481 e. The van der Waals surface area contributed by atoms with Crippen molar-refractivity contribution in [3.63, 3.8) is 0 Å². The third kappa shape index (κ3) is 3.85. The molecular weight excluding hydrogens is 320 g/mol. The number of carbonyl (C=O) groups excluding carboxylic acids is 1. The summed E-state index contributed by atoms with van der Waals surface area (Å²) in [5, 5.41) is 9.05. The number of aromatic nitrogens is 1. The lowest BCUT2D eigenvalue weighted by atomic mass is 10.1. The van der Waals surface area contributed by atoms with Crippen molar-refractivity contribution in [2.24, 2.45) is 0 Å². The first-order chi connectivity index (χ1) is 12.1. The lowest BCUT2D eigenvalue weighted by molar-refractivity contribution is -0.139. The van der Waals surface area contributed by atoms with Crippen LogP contribution in [0.2, 0.25) is 0 Å². The molecule has 0 radical (unpaired) electrons. The molecule has 3 rings (SSSR count). The molecule has 1 aromatic heterocycles. The van der Waals surface area contributed by atoms with E-state index in [9.17, 15) is 9.59 Å². The van der Waals surface area contributed by atoms with E-state index in [2.05, 4.69) is 4.98 Å². The predicted molar refractivity (Wildman–Crippen MR) is 92.3 cm³/mol. The van der Waals surface area contributed by atoms with E-state index >= 15 is 0 Å². The van der Waals surface area contributed by atoms with Crippen molar-refractivity contribution in [1.29, 1.82) is 0 Å². The zero-order valence-corrected chi connectivity index (χ0v) is 14.0. The van der Waals surface area contributed by atoms with Crippen molar-refractivity contribution >= 4 is 11.9 Å². The average molecular weight is 340 g/mol. The van der Waals surface area contributed by atoms with Gasteiger partial charge in [-0.15, -0.1) is 0 Å². The van der Waals surface area contributed by atoms with Crippen LogP contribution in [0.3, 0.4) is 0 Å². The predicted octanol–water partition coefficient (Wildman–Crippen LogP) is 2.37. The molecule has 2 aromatic rings. The molecule has 1 unspecified atom stereocenters. The molecule has 1 fully saturated rings. The van der Waals surface area contributed by atoms with Gasteiger partial charge in [0.15, 0.2) is 0 Å². The molecular formula is C19H20N2O4. The number of benzene rings is 1. The van der Waals surface area contributed by atoms with E-state index in [1.54, 1.807) is 17.9 Å². The smallest absolute Gasteiger partial charge is 0.305 e. The van der Waals surface area contributed by atoms with E-state index in [1.807, 2.05) is 36.4 Å². The maximum absolute atomic E-state index is 12.9. The van der Waals surface area contributed by atoms with Gasteiger partial charge in [-0.3, -0.25) is 14.6 Å². The van der Waals surface area contributed by atoms with Crippen LogP contribution >= 0.6 is 0 Å². The first-order valence-electron chi connectivity index (χ1n) is 8.20. The number of rotatable bonds is 4. The third-order valence-electron chi connectivity index (χ3n) is 4.28. The maximum atomic E-state index is 12.9. The highest BCUT2D eigenvalue weighted by Crippen LogP contribution is 2.21. The zero-order chi connectivity index (χ0) is 17.8. The Labute approximate surface area is 146 Å². The number of hydrogen-bond acceptors (Lipinski definition) is 4. The first-order valence-corrected chi connectivity index (χ1v) is 8.20. The van der Waals surface area contributed by atoms with Crippen LogP contribution in [0.4, 0.5) is 0 Å². The van der Waals surface area contributed by atoms with Crippen LogP contribution in [0.1, 0.15) is 22.5 Å². The molecule has 0 spiro atoms. The molecule has 1 saturated heterocycles. The van der Waals surface area contributed by atoms with Crippen LogP contribution in [-0.4, -0.2) is 52.7 Å². The van der Waals surface area contributed by atoms with Crippen molar-refractivity contribution in [2.45, 2.75) is 19.4 Å². The second-order valence-electron chi connectivity index (χ2n) is 6.02. The Kier molecular flexibility index (Phi) is 5.09. The molecule has 1 aromatic carbocycles. The van der Waals surface area contributed by atoms with Gasteiger partial charge in [0.2, 0.25) is 0 Å². The fourth-order valence-corrected chi connectivity index (χ4v) is 3.00. The van der Waals surface area contributed by atoms with E-state index in [-0.39, 0.29) is 18.9 Å². The SMILES string of the molecule is Cc1nc(-c2ccccc2)ccc1C(=O)N1CCOCC1CC(=O)O. The fourth-order valence-electron chi connectivity index (χ4n) is 3.00. The molecule has 0 saturated carbocycles. The lowest BCUT2D eigenvalue weighted by Crippen LogP contribution is -2.49. The molecule has 1 atom stereocenters. The highest BCUT2D eigenvalue weighted by atomic mass is 16.5. The van der Waals surface area contributed by atoms with Crippen molar-refractivity contribution in [3.8, 4) is 11.3 Å². The van der Waals surface area contributed by atoms with Crippen LogP contribution in [-0.2, 0) is 9.53 Å². The number of hydrogen-bond donors (Lipinski definition) is 1. The summed E-state index contributed by atoms with van der Waals surface area (Å²) in [6.45, 7) is 2.84. The summed E-state index contributed by atoms with van der Waals surface area (Å²) < 4.78 is 5.33. The van der Waals surface area contributed by atoms with Crippen LogP contribution in [0.25, 0.3) is 11.3 Å². The van der Waals surface area contributed by atoms with E-state index in [0.29, 0.717) is 24.4 Å².